The Morgan fingerprint density at radius 1 is 1.26 bits per heavy atom. The number of benzene rings is 2. The lowest BCUT2D eigenvalue weighted by atomic mass is 9.97. The zero-order valence-electron chi connectivity index (χ0n) is 17.8. The number of hydrogen-bond acceptors (Lipinski definition) is 7. The van der Waals surface area contributed by atoms with Crippen molar-refractivity contribution >= 4 is 66.6 Å². The zero-order chi connectivity index (χ0) is 24.9. The van der Waals surface area contributed by atoms with Crippen molar-refractivity contribution in [3.63, 3.8) is 0 Å². The molecule has 0 unspecified atom stereocenters. The number of hydrogen-bond donors (Lipinski definition) is 2. The van der Waals surface area contributed by atoms with E-state index in [-0.39, 0.29) is 47.7 Å². The number of thiophene rings is 1. The Bertz CT molecular complexity index is 1540. The molecule has 12 heteroatoms. The molecule has 1 amide bonds. The third-order valence-corrected chi connectivity index (χ3v) is 6.20. The van der Waals surface area contributed by atoms with Crippen LogP contribution in [0.3, 0.4) is 0 Å². The molecule has 0 fully saturated rings. The largest absolute Gasteiger partial charge is 0.493 e. The molecule has 2 N–H and O–H groups in total. The summed E-state index contributed by atoms with van der Waals surface area (Å²) in [6.45, 7) is 5.00. The number of nitrogens with one attached hydrogen (secondary N) is 1. The van der Waals surface area contributed by atoms with Crippen molar-refractivity contribution in [1.82, 2.24) is 9.97 Å². The Balaban J connectivity index is 1.99. The van der Waals surface area contributed by atoms with Gasteiger partial charge in [0.2, 0.25) is 11.2 Å². The Hall–Kier alpha value is -3.26. The van der Waals surface area contributed by atoms with Gasteiger partial charge in [-0.1, -0.05) is 17.7 Å². The van der Waals surface area contributed by atoms with E-state index < -0.39 is 34.5 Å². The number of nitrogens with zero attached hydrogens (tertiary/aromatic N) is 3. The van der Waals surface area contributed by atoms with Crippen molar-refractivity contribution in [2.45, 2.75) is 26.4 Å². The molecule has 7 nitrogen and oxygen atoms in total. The summed E-state index contributed by atoms with van der Waals surface area (Å²) >= 11 is 12.9. The van der Waals surface area contributed by atoms with E-state index in [4.69, 9.17) is 27.9 Å². The number of ether oxygens (including phenoxy) is 1. The summed E-state index contributed by atoms with van der Waals surface area (Å²) in [7, 11) is 0. The van der Waals surface area contributed by atoms with Gasteiger partial charge >= 0.3 is 6.09 Å². The van der Waals surface area contributed by atoms with Gasteiger partial charge in [-0.3, -0.25) is 5.32 Å². The summed E-state index contributed by atoms with van der Waals surface area (Å²) in [5.74, 6) is -2.20. The van der Waals surface area contributed by atoms with Crippen molar-refractivity contribution in [1.29, 1.82) is 5.26 Å². The number of nitriles is 1. The number of halogens is 4. The second-order valence-electron chi connectivity index (χ2n) is 8.10. The molecule has 4 aromatic rings. The van der Waals surface area contributed by atoms with Gasteiger partial charge in [0.1, 0.15) is 28.0 Å². The maximum absolute atomic E-state index is 15.6. The highest BCUT2D eigenvalue weighted by molar-refractivity contribution is 7.23. The monoisotopic (exact) mass is 522 g/mol. The number of anilines is 1. The average molecular weight is 523 g/mol. The molecule has 2 aromatic carbocycles. The number of fused-ring (bicyclic) bond motifs is 2. The van der Waals surface area contributed by atoms with E-state index >= 15 is 4.39 Å². The SMILES string of the molecule is CC(C)(C)OC(=O)Nc1sc2c(F)ccc(-c3c(Cl)cc4c(O)nc(Cl)nc4c3F)c2c1C#N. The number of aromatic hydroxyl groups is 1. The molecule has 0 atom stereocenters. The third-order valence-electron chi connectivity index (χ3n) is 4.62. The van der Waals surface area contributed by atoms with Gasteiger partial charge in [0.25, 0.3) is 0 Å². The van der Waals surface area contributed by atoms with Gasteiger partial charge in [0.05, 0.1) is 20.7 Å². The van der Waals surface area contributed by atoms with Crippen molar-refractivity contribution in [2.75, 3.05) is 5.32 Å². The molecule has 0 bridgehead atoms. The van der Waals surface area contributed by atoms with Crippen LogP contribution in [0.15, 0.2) is 18.2 Å². The minimum absolute atomic E-state index is 0.000704. The maximum atomic E-state index is 15.6. The topological polar surface area (TPSA) is 108 Å². The molecule has 2 heterocycles. The van der Waals surface area contributed by atoms with E-state index in [1.165, 1.54) is 12.1 Å². The first kappa shape index (κ1) is 23.9. The summed E-state index contributed by atoms with van der Waals surface area (Å²) in [5, 5.41) is 21.8. The lowest BCUT2D eigenvalue weighted by Gasteiger charge is -2.19. The van der Waals surface area contributed by atoms with Crippen LogP contribution in [0.4, 0.5) is 18.6 Å². The first-order valence-corrected chi connectivity index (χ1v) is 11.2. The van der Waals surface area contributed by atoms with Crippen LogP contribution in [0.2, 0.25) is 10.3 Å². The highest BCUT2D eigenvalue weighted by Crippen LogP contribution is 2.46. The minimum atomic E-state index is -0.952. The fraction of sp³-hybridized carbons (Fsp3) is 0.182. The normalized spacial score (nSPS) is 11.6. The van der Waals surface area contributed by atoms with Crippen molar-refractivity contribution in [3.05, 3.63) is 45.7 Å². The average Bonchev–Trinajstić information content (AvgIpc) is 3.08. The van der Waals surface area contributed by atoms with E-state index in [9.17, 15) is 19.6 Å². The summed E-state index contributed by atoms with van der Waals surface area (Å²) in [4.78, 5) is 19.7. The van der Waals surface area contributed by atoms with Crippen LogP contribution in [0.25, 0.3) is 32.1 Å². The lowest BCUT2D eigenvalue weighted by Crippen LogP contribution is -2.27. The Labute approximate surface area is 205 Å². The van der Waals surface area contributed by atoms with Gasteiger partial charge in [-0.15, -0.1) is 11.3 Å². The Kier molecular flexibility index (Phi) is 5.97. The molecular formula is C22H14Cl2F2N4O3S. The molecule has 34 heavy (non-hydrogen) atoms. The van der Waals surface area contributed by atoms with Crippen molar-refractivity contribution in [3.8, 4) is 23.1 Å². The van der Waals surface area contributed by atoms with Crippen LogP contribution in [0.1, 0.15) is 26.3 Å². The first-order valence-electron chi connectivity index (χ1n) is 9.61. The van der Waals surface area contributed by atoms with Crippen molar-refractivity contribution < 1.29 is 23.4 Å². The van der Waals surface area contributed by atoms with Crippen molar-refractivity contribution in [2.24, 2.45) is 0 Å². The number of amides is 1. The van der Waals surface area contributed by atoms with Gasteiger partial charge in [-0.05, 0) is 50.1 Å². The smallest absolute Gasteiger partial charge is 0.412 e. The number of rotatable bonds is 2. The van der Waals surface area contributed by atoms with Crippen LogP contribution in [0.5, 0.6) is 5.88 Å². The lowest BCUT2D eigenvalue weighted by molar-refractivity contribution is 0.0636. The van der Waals surface area contributed by atoms with Gasteiger partial charge in [0.15, 0.2) is 5.82 Å². The number of aromatic nitrogens is 2. The van der Waals surface area contributed by atoms with Gasteiger partial charge < -0.3 is 9.84 Å². The standard InChI is InChI=1S/C22H14Cl2F2N4O3S/c1-22(2,3)33-21(32)30-19-10(7-27)13-8(4-5-12(25)17(13)34-19)14-11(23)6-9-16(15(14)26)28-20(24)29-18(9)31/h4-6H,1-3H3,(H,30,32)(H,28,29,31). The summed E-state index contributed by atoms with van der Waals surface area (Å²) in [6, 6.07) is 5.54. The fourth-order valence-corrected chi connectivity index (χ4v) is 4.90. The molecule has 0 radical (unpaired) electrons. The zero-order valence-corrected chi connectivity index (χ0v) is 20.1. The predicted octanol–water partition coefficient (Wildman–Crippen LogP) is 7.02. The molecule has 0 saturated heterocycles. The predicted molar refractivity (Wildman–Crippen MR) is 127 cm³/mol. The van der Waals surface area contributed by atoms with Crippen LogP contribution in [0, 0.1) is 23.0 Å². The maximum Gasteiger partial charge on any atom is 0.412 e. The van der Waals surface area contributed by atoms with Crippen LogP contribution >= 0.6 is 34.5 Å². The molecule has 0 saturated carbocycles. The van der Waals surface area contributed by atoms with E-state index in [0.717, 1.165) is 17.4 Å². The highest BCUT2D eigenvalue weighted by Gasteiger charge is 2.26. The summed E-state index contributed by atoms with van der Waals surface area (Å²) < 4.78 is 35.6. The minimum Gasteiger partial charge on any atom is -0.493 e. The molecule has 0 aliphatic carbocycles. The Morgan fingerprint density at radius 2 is 1.97 bits per heavy atom. The second kappa shape index (κ2) is 8.51. The molecule has 0 spiro atoms. The van der Waals surface area contributed by atoms with Gasteiger partial charge in [-0.25, -0.2) is 18.6 Å². The van der Waals surface area contributed by atoms with Gasteiger partial charge in [0, 0.05) is 10.9 Å². The molecule has 2 aromatic heterocycles. The summed E-state index contributed by atoms with van der Waals surface area (Å²) in [5.41, 5.74) is -1.32. The quantitative estimate of drug-likeness (QED) is 0.274. The summed E-state index contributed by atoms with van der Waals surface area (Å²) in [6.07, 6.45) is -0.839. The number of carbonyl (C=O) groups excluding carboxylic acids is 1. The third kappa shape index (κ3) is 4.18. The van der Waals surface area contributed by atoms with Crippen LogP contribution in [-0.2, 0) is 4.74 Å². The Morgan fingerprint density at radius 3 is 2.62 bits per heavy atom. The van der Waals surface area contributed by atoms with Gasteiger partial charge in [-0.2, -0.15) is 10.2 Å². The van der Waals surface area contributed by atoms with Crippen LogP contribution < -0.4 is 5.32 Å². The fourth-order valence-electron chi connectivity index (χ4n) is 3.37. The van der Waals surface area contributed by atoms with E-state index in [2.05, 4.69) is 15.3 Å². The molecule has 0 aliphatic heterocycles. The molecular weight excluding hydrogens is 509 g/mol. The molecule has 4 rings (SSSR count). The van der Waals surface area contributed by atoms with E-state index in [1.54, 1.807) is 20.8 Å². The van der Waals surface area contributed by atoms with E-state index in [1.807, 2.05) is 6.07 Å². The number of carbonyl (C=O) groups is 1. The highest BCUT2D eigenvalue weighted by atomic mass is 35.5. The van der Waals surface area contributed by atoms with Crippen LogP contribution in [-0.4, -0.2) is 26.8 Å². The molecule has 0 aliphatic rings. The van der Waals surface area contributed by atoms with E-state index in [0.29, 0.717) is 0 Å². The second-order valence-corrected chi connectivity index (χ2v) is 9.87. The first-order chi connectivity index (χ1) is 15.9. The molecule has 174 valence electrons.